The van der Waals surface area contributed by atoms with Gasteiger partial charge >= 0.3 is 0 Å². The first-order chi connectivity index (χ1) is 18.9. The molecule has 1 aliphatic heterocycles. The summed E-state index contributed by atoms with van der Waals surface area (Å²) in [4.78, 5) is 27.6. The molecule has 0 saturated carbocycles. The number of carbonyl (C=O) groups is 1. The zero-order valence-corrected chi connectivity index (χ0v) is 25.2. The van der Waals surface area contributed by atoms with Gasteiger partial charge in [-0.25, -0.2) is 4.98 Å². The number of rotatable bonds is 8. The van der Waals surface area contributed by atoms with E-state index >= 15 is 0 Å². The van der Waals surface area contributed by atoms with Crippen LogP contribution in [0.5, 0.6) is 17.4 Å². The van der Waals surface area contributed by atoms with E-state index in [9.17, 15) is 9.35 Å². The number of carbonyl (C=O) groups excluding carboxylic acids is 1. The summed E-state index contributed by atoms with van der Waals surface area (Å²) in [5, 5.41) is 2.97. The van der Waals surface area contributed by atoms with E-state index in [0.717, 1.165) is 37.3 Å². The standard InChI is InChI=1S/C30H39N5O4S/c1-20-8-9-21(29(36)32-23-17-22(30(2,3)4)18-25(40(7)37)28(23)38-6)16-24(20)39-27-10-11-31-26(33-27)19-35-14-12-34(5)13-15-35/h8-11,16-18H,12-15,19H2,1-7H3,(H,32,36). The maximum atomic E-state index is 13.4. The van der Waals surface area contributed by atoms with E-state index in [2.05, 4.69) is 52.9 Å². The van der Waals surface area contributed by atoms with Crippen LogP contribution in [-0.4, -0.2) is 76.8 Å². The van der Waals surface area contributed by atoms with Gasteiger partial charge in [-0.2, -0.15) is 4.98 Å². The van der Waals surface area contributed by atoms with E-state index in [1.165, 1.54) is 7.11 Å². The van der Waals surface area contributed by atoms with E-state index in [1.54, 1.807) is 30.7 Å². The normalized spacial score (nSPS) is 15.5. The molecule has 10 heteroatoms. The lowest BCUT2D eigenvalue weighted by molar-refractivity contribution is 0.102. The maximum absolute atomic E-state index is 13.4. The van der Waals surface area contributed by atoms with E-state index in [4.69, 9.17) is 9.47 Å². The third-order valence-corrected chi connectivity index (χ3v) is 7.91. The summed E-state index contributed by atoms with van der Waals surface area (Å²) in [5.41, 5.74) is 2.47. The summed E-state index contributed by atoms with van der Waals surface area (Å²) in [6.45, 7) is 12.8. The zero-order chi connectivity index (χ0) is 29.0. The van der Waals surface area contributed by atoms with Gasteiger partial charge in [-0.3, -0.25) is 9.69 Å². The maximum Gasteiger partial charge on any atom is 0.255 e. The van der Waals surface area contributed by atoms with Gasteiger partial charge in [0.2, 0.25) is 5.88 Å². The lowest BCUT2D eigenvalue weighted by atomic mass is 9.86. The third kappa shape index (κ3) is 7.31. The molecule has 1 atom stereocenters. The molecular formula is C30H39N5O4S. The monoisotopic (exact) mass is 565 g/mol. The smallest absolute Gasteiger partial charge is 0.255 e. The Morgan fingerprint density at radius 2 is 1.85 bits per heavy atom. The van der Waals surface area contributed by atoms with Crippen LogP contribution in [0, 0.1) is 6.92 Å². The van der Waals surface area contributed by atoms with Crippen LogP contribution in [0.25, 0.3) is 0 Å². The molecule has 4 rings (SSSR count). The fourth-order valence-corrected chi connectivity index (χ4v) is 5.18. The zero-order valence-electron chi connectivity index (χ0n) is 24.4. The van der Waals surface area contributed by atoms with Crippen molar-refractivity contribution in [1.82, 2.24) is 19.8 Å². The molecule has 2 aromatic carbocycles. The Balaban J connectivity index is 1.55. The SMILES string of the molecule is COc1c(NC(=O)c2ccc(C)c(Oc3ccnc(CN4CCN(C)CC4)n3)c2)cc(C(C)(C)C)cc1[S+](C)[O-]. The molecule has 1 aliphatic rings. The summed E-state index contributed by atoms with van der Waals surface area (Å²) in [6, 6.07) is 10.8. The second kappa shape index (κ2) is 12.6. The average molecular weight is 566 g/mol. The van der Waals surface area contributed by atoms with Crippen molar-refractivity contribution in [3.63, 3.8) is 0 Å². The molecule has 2 heterocycles. The van der Waals surface area contributed by atoms with Gasteiger partial charge in [0.1, 0.15) is 17.8 Å². The topological polar surface area (TPSA) is 103 Å². The quantitative estimate of drug-likeness (QED) is 0.395. The second-order valence-electron chi connectivity index (χ2n) is 11.2. The fraction of sp³-hybridized carbons (Fsp3) is 0.433. The number of methoxy groups -OCH3 is 1. The minimum absolute atomic E-state index is 0.217. The first-order valence-corrected chi connectivity index (χ1v) is 14.9. The van der Waals surface area contributed by atoms with Gasteiger partial charge in [0.15, 0.2) is 10.6 Å². The molecule has 1 amide bonds. The predicted molar refractivity (Wildman–Crippen MR) is 158 cm³/mol. The number of nitrogens with one attached hydrogen (secondary N) is 1. The van der Waals surface area contributed by atoms with Crippen LogP contribution in [0.1, 0.15) is 48.1 Å². The second-order valence-corrected chi connectivity index (χ2v) is 12.5. The molecule has 3 aromatic rings. The lowest BCUT2D eigenvalue weighted by Gasteiger charge is -2.31. The number of likely N-dealkylation sites (N-methyl/N-ethyl adjacent to an activating group) is 1. The number of amides is 1. The number of ether oxygens (including phenoxy) is 2. The number of nitrogens with zero attached hydrogens (tertiary/aromatic N) is 4. The van der Waals surface area contributed by atoms with Gasteiger partial charge in [-0.15, -0.1) is 0 Å². The average Bonchev–Trinajstić information content (AvgIpc) is 2.90. The van der Waals surface area contributed by atoms with Crippen LogP contribution in [0.2, 0.25) is 0 Å². The summed E-state index contributed by atoms with van der Waals surface area (Å²) in [5.74, 6) is 1.71. The molecule has 0 aliphatic carbocycles. The Hall–Kier alpha value is -3.18. The molecule has 1 N–H and O–H groups in total. The molecule has 0 bridgehead atoms. The van der Waals surface area contributed by atoms with Crippen LogP contribution >= 0.6 is 0 Å². The highest BCUT2D eigenvalue weighted by atomic mass is 32.2. The van der Waals surface area contributed by atoms with Gasteiger partial charge < -0.3 is 24.2 Å². The fourth-order valence-electron chi connectivity index (χ4n) is 4.43. The number of hydrogen-bond acceptors (Lipinski definition) is 8. The van der Waals surface area contributed by atoms with Gasteiger partial charge in [-0.05, 0) is 59.9 Å². The van der Waals surface area contributed by atoms with E-state index in [-0.39, 0.29) is 11.3 Å². The largest absolute Gasteiger partial charge is 0.612 e. The molecule has 1 aromatic heterocycles. The predicted octanol–water partition coefficient (Wildman–Crippen LogP) is 4.62. The van der Waals surface area contributed by atoms with Crippen molar-refractivity contribution in [3.8, 4) is 17.4 Å². The Kier molecular flexibility index (Phi) is 9.35. The minimum Gasteiger partial charge on any atom is -0.612 e. The van der Waals surface area contributed by atoms with Crippen molar-refractivity contribution in [2.45, 2.75) is 44.6 Å². The molecule has 214 valence electrons. The third-order valence-electron chi connectivity index (χ3n) is 6.99. The van der Waals surface area contributed by atoms with Crippen LogP contribution in [0.4, 0.5) is 5.69 Å². The van der Waals surface area contributed by atoms with Crippen molar-refractivity contribution in [2.75, 3.05) is 51.9 Å². The first kappa shape index (κ1) is 29.8. The van der Waals surface area contributed by atoms with Gasteiger partial charge in [0, 0.05) is 50.1 Å². The molecule has 0 spiro atoms. The van der Waals surface area contributed by atoms with Crippen molar-refractivity contribution in [1.29, 1.82) is 0 Å². The highest BCUT2D eigenvalue weighted by Gasteiger charge is 2.25. The summed E-state index contributed by atoms with van der Waals surface area (Å²) in [6.07, 6.45) is 3.30. The highest BCUT2D eigenvalue weighted by Crippen LogP contribution is 2.38. The van der Waals surface area contributed by atoms with Gasteiger partial charge in [0.05, 0.1) is 19.3 Å². The first-order valence-electron chi connectivity index (χ1n) is 13.3. The summed E-state index contributed by atoms with van der Waals surface area (Å²) >= 11 is -1.30. The Morgan fingerprint density at radius 1 is 1.12 bits per heavy atom. The van der Waals surface area contributed by atoms with Crippen molar-refractivity contribution >= 4 is 22.8 Å². The Bertz CT molecular complexity index is 1350. The van der Waals surface area contributed by atoms with Crippen LogP contribution in [0.15, 0.2) is 47.5 Å². The minimum atomic E-state index is -1.30. The molecule has 0 radical (unpaired) electrons. The van der Waals surface area contributed by atoms with Gasteiger partial charge in [-0.1, -0.05) is 26.8 Å². The molecule has 1 fully saturated rings. The lowest BCUT2D eigenvalue weighted by Crippen LogP contribution is -2.44. The number of benzene rings is 2. The molecular weight excluding hydrogens is 526 g/mol. The molecule has 1 unspecified atom stereocenters. The van der Waals surface area contributed by atoms with Crippen molar-refractivity contribution in [2.24, 2.45) is 0 Å². The molecule has 40 heavy (non-hydrogen) atoms. The number of aromatic nitrogens is 2. The number of hydrogen-bond donors (Lipinski definition) is 1. The van der Waals surface area contributed by atoms with Crippen LogP contribution in [0.3, 0.4) is 0 Å². The van der Waals surface area contributed by atoms with Crippen LogP contribution in [-0.2, 0) is 23.1 Å². The Morgan fingerprint density at radius 3 is 2.50 bits per heavy atom. The summed E-state index contributed by atoms with van der Waals surface area (Å²) < 4.78 is 24.2. The summed E-state index contributed by atoms with van der Waals surface area (Å²) in [7, 11) is 3.64. The van der Waals surface area contributed by atoms with Crippen molar-refractivity contribution < 1.29 is 18.8 Å². The van der Waals surface area contributed by atoms with Crippen molar-refractivity contribution in [3.05, 3.63) is 65.1 Å². The molecule has 9 nitrogen and oxygen atoms in total. The number of piperazine rings is 1. The van der Waals surface area contributed by atoms with Gasteiger partial charge in [0.25, 0.3) is 5.91 Å². The molecule has 1 saturated heterocycles. The van der Waals surface area contributed by atoms with Crippen LogP contribution < -0.4 is 14.8 Å². The highest BCUT2D eigenvalue weighted by molar-refractivity contribution is 7.90. The number of anilines is 1. The van der Waals surface area contributed by atoms with E-state index < -0.39 is 11.2 Å². The Labute approximate surface area is 240 Å². The number of aryl methyl sites for hydroxylation is 1. The van der Waals surface area contributed by atoms with E-state index in [0.29, 0.717) is 45.9 Å². The van der Waals surface area contributed by atoms with E-state index in [1.807, 2.05) is 25.1 Å².